The number of hydroxylamine groups is 2. The quantitative estimate of drug-likeness (QED) is 0.170. The van der Waals surface area contributed by atoms with Gasteiger partial charge in [0.25, 0.3) is 0 Å². The van der Waals surface area contributed by atoms with Gasteiger partial charge in [0.05, 0.1) is 36.5 Å². The van der Waals surface area contributed by atoms with Crippen molar-refractivity contribution in [2.75, 3.05) is 47.0 Å². The van der Waals surface area contributed by atoms with E-state index in [1.54, 1.807) is 20.2 Å². The largest absolute Gasteiger partial charge is 0.383 e. The van der Waals surface area contributed by atoms with Gasteiger partial charge in [0.1, 0.15) is 5.84 Å². The lowest BCUT2D eigenvalue weighted by molar-refractivity contribution is -0.118. The van der Waals surface area contributed by atoms with Crippen LogP contribution >= 0.6 is 0 Å². The molecule has 1 aliphatic rings. The first-order chi connectivity index (χ1) is 14.7. The Kier molecular flexibility index (Phi) is 11.6. The third kappa shape index (κ3) is 8.95. The Morgan fingerprint density at radius 3 is 2.65 bits per heavy atom. The summed E-state index contributed by atoms with van der Waals surface area (Å²) in [5.41, 5.74) is 9.99. The fourth-order valence-corrected chi connectivity index (χ4v) is 3.12. The number of nitrogens with two attached hydrogens (primary N) is 1. The van der Waals surface area contributed by atoms with E-state index in [9.17, 15) is 0 Å². The van der Waals surface area contributed by atoms with Crippen LogP contribution < -0.4 is 21.7 Å². The number of aliphatic imine (C=N–C) groups is 1. The van der Waals surface area contributed by atoms with Crippen LogP contribution in [0.5, 0.6) is 0 Å². The molecule has 1 aliphatic heterocycles. The smallest absolute Gasteiger partial charge is 0.139 e. The number of nitrogens with zero attached hydrogens (tertiary/aromatic N) is 2. The van der Waals surface area contributed by atoms with Gasteiger partial charge in [0, 0.05) is 39.5 Å². The molecular formula is C22H39N7O2. The predicted octanol–water partition coefficient (Wildman–Crippen LogP) is 1.64. The molecule has 1 saturated heterocycles. The van der Waals surface area contributed by atoms with E-state index in [-0.39, 0.29) is 11.9 Å². The van der Waals surface area contributed by atoms with Crippen molar-refractivity contribution in [3.63, 3.8) is 0 Å². The van der Waals surface area contributed by atoms with Crippen molar-refractivity contribution < 1.29 is 9.57 Å². The molecule has 1 atom stereocenters. The summed E-state index contributed by atoms with van der Waals surface area (Å²) in [6, 6.07) is 0.159. The Bertz CT molecular complexity index is 753. The average Bonchev–Trinajstić information content (AvgIpc) is 3.16. The lowest BCUT2D eigenvalue weighted by atomic mass is 10.0. The number of ether oxygens (including phenoxy) is 1. The second-order valence-corrected chi connectivity index (χ2v) is 7.32. The van der Waals surface area contributed by atoms with Crippen LogP contribution in [0.3, 0.4) is 0 Å². The van der Waals surface area contributed by atoms with Crippen LogP contribution in [-0.4, -0.2) is 69.7 Å². The summed E-state index contributed by atoms with van der Waals surface area (Å²) in [5.74, 6) is 0.715. The molecule has 9 nitrogen and oxygen atoms in total. The minimum Gasteiger partial charge on any atom is -0.383 e. The highest BCUT2D eigenvalue weighted by Gasteiger charge is 2.23. The van der Waals surface area contributed by atoms with Gasteiger partial charge in [-0.05, 0) is 44.9 Å². The molecule has 0 radical (unpaired) electrons. The second kappa shape index (κ2) is 13.6. The van der Waals surface area contributed by atoms with Gasteiger partial charge in [-0.25, -0.2) is 0 Å². The Morgan fingerprint density at radius 2 is 2.06 bits per heavy atom. The highest BCUT2D eigenvalue weighted by Crippen LogP contribution is 2.13. The lowest BCUT2D eigenvalue weighted by Crippen LogP contribution is -2.38. The molecule has 1 fully saturated rings. The molecule has 1 rings (SSSR count). The van der Waals surface area contributed by atoms with E-state index in [0.717, 1.165) is 35.6 Å². The SMILES string of the molecule is C=C(N/C(C)=C(C)/C(=N\C)C(/C)=C/C=C(\NCC)C(=N)N)N[C@H]1CON(CCOC)C1. The summed E-state index contributed by atoms with van der Waals surface area (Å²) in [6.45, 7) is 15.5. The molecule has 0 aliphatic carbocycles. The number of rotatable bonds is 13. The number of likely N-dealkylation sites (N-methyl/N-ethyl adjacent to an activating group) is 1. The molecule has 0 bridgehead atoms. The molecule has 0 amide bonds. The maximum atomic E-state index is 7.65. The van der Waals surface area contributed by atoms with E-state index >= 15 is 0 Å². The maximum Gasteiger partial charge on any atom is 0.139 e. The molecule has 9 heteroatoms. The van der Waals surface area contributed by atoms with Crippen molar-refractivity contribution in [1.29, 1.82) is 5.41 Å². The minimum atomic E-state index is 0.00468. The van der Waals surface area contributed by atoms with E-state index in [1.165, 1.54) is 0 Å². The summed E-state index contributed by atoms with van der Waals surface area (Å²) in [6.07, 6.45) is 3.72. The summed E-state index contributed by atoms with van der Waals surface area (Å²) < 4.78 is 5.09. The third-order valence-corrected chi connectivity index (χ3v) is 4.82. The van der Waals surface area contributed by atoms with Crippen LogP contribution in [0.15, 0.2) is 52.1 Å². The molecule has 0 spiro atoms. The summed E-state index contributed by atoms with van der Waals surface area (Å²) in [5, 5.41) is 19.3. The first kappa shape index (κ1) is 26.4. The molecule has 31 heavy (non-hydrogen) atoms. The molecule has 6 N–H and O–H groups in total. The van der Waals surface area contributed by atoms with Gasteiger partial charge in [0.2, 0.25) is 0 Å². The van der Waals surface area contributed by atoms with Gasteiger partial charge in [0.15, 0.2) is 0 Å². The molecule has 0 aromatic heterocycles. The molecular weight excluding hydrogens is 394 g/mol. The Labute approximate surface area is 186 Å². The molecule has 174 valence electrons. The lowest BCUT2D eigenvalue weighted by Gasteiger charge is -2.19. The van der Waals surface area contributed by atoms with Gasteiger partial charge in [-0.15, -0.1) is 0 Å². The van der Waals surface area contributed by atoms with Crippen LogP contribution in [0.1, 0.15) is 27.7 Å². The van der Waals surface area contributed by atoms with Gasteiger partial charge in [-0.3, -0.25) is 15.2 Å². The molecule has 1 heterocycles. The molecule has 0 aromatic carbocycles. The molecule has 0 unspecified atom stereocenters. The van der Waals surface area contributed by atoms with Crippen LogP contribution in [0.2, 0.25) is 0 Å². The normalized spacial score (nSPS) is 19.2. The number of hydrogen-bond acceptors (Lipinski definition) is 8. The topological polar surface area (TPSA) is 120 Å². The van der Waals surface area contributed by atoms with Crippen molar-refractivity contribution in [3.05, 3.63) is 47.1 Å². The summed E-state index contributed by atoms with van der Waals surface area (Å²) >= 11 is 0. The van der Waals surface area contributed by atoms with Crippen LogP contribution in [0.4, 0.5) is 0 Å². The summed E-state index contributed by atoms with van der Waals surface area (Å²) in [4.78, 5) is 10.1. The van der Waals surface area contributed by atoms with Crippen LogP contribution in [0, 0.1) is 5.41 Å². The zero-order chi connectivity index (χ0) is 23.4. The van der Waals surface area contributed by atoms with Gasteiger partial charge in [-0.1, -0.05) is 12.7 Å². The van der Waals surface area contributed by atoms with Gasteiger partial charge < -0.3 is 26.4 Å². The molecule has 0 saturated carbocycles. The highest BCUT2D eigenvalue weighted by atomic mass is 16.7. The van der Waals surface area contributed by atoms with Gasteiger partial charge >= 0.3 is 0 Å². The standard InChI is InChI=1S/C22H39N7O2/c1-8-26-20(22(23)24)10-9-15(2)21(25-6)16(3)17(4)27-18(5)28-19-13-29(31-14-19)11-12-30-7/h9-10,19,26-28H,5,8,11-14H2,1-4,6-7H3,(H3,23,24)/b15-9+,17-16+,20-10-,25-21-/t19-/m1/s1. The summed E-state index contributed by atoms with van der Waals surface area (Å²) in [7, 11) is 3.45. The van der Waals surface area contributed by atoms with Crippen LogP contribution in [0.25, 0.3) is 0 Å². The monoisotopic (exact) mass is 433 g/mol. The fourth-order valence-electron chi connectivity index (χ4n) is 3.12. The first-order valence-corrected chi connectivity index (χ1v) is 10.4. The average molecular weight is 434 g/mol. The predicted molar refractivity (Wildman–Crippen MR) is 128 cm³/mol. The van der Waals surface area contributed by atoms with Crippen molar-refractivity contribution in [2.24, 2.45) is 10.7 Å². The van der Waals surface area contributed by atoms with Crippen molar-refractivity contribution in [2.45, 2.75) is 33.7 Å². The van der Waals surface area contributed by atoms with E-state index in [0.29, 0.717) is 31.3 Å². The zero-order valence-corrected chi connectivity index (χ0v) is 19.8. The van der Waals surface area contributed by atoms with E-state index in [2.05, 4.69) is 27.5 Å². The highest BCUT2D eigenvalue weighted by molar-refractivity contribution is 6.12. The van der Waals surface area contributed by atoms with Crippen LogP contribution in [-0.2, 0) is 9.57 Å². The Hall–Kier alpha value is -2.62. The van der Waals surface area contributed by atoms with Crippen molar-refractivity contribution in [1.82, 2.24) is 21.0 Å². The zero-order valence-electron chi connectivity index (χ0n) is 19.8. The maximum absolute atomic E-state index is 7.65. The van der Waals surface area contributed by atoms with Crippen molar-refractivity contribution in [3.8, 4) is 0 Å². The van der Waals surface area contributed by atoms with Crippen molar-refractivity contribution >= 4 is 11.5 Å². The number of hydrogen-bond donors (Lipinski definition) is 5. The van der Waals surface area contributed by atoms with E-state index in [4.69, 9.17) is 20.7 Å². The first-order valence-electron chi connectivity index (χ1n) is 10.4. The Morgan fingerprint density at radius 1 is 1.35 bits per heavy atom. The molecule has 0 aromatic rings. The minimum absolute atomic E-state index is 0.00468. The second-order valence-electron chi connectivity index (χ2n) is 7.32. The number of nitrogens with one attached hydrogen (secondary N) is 4. The fraction of sp³-hybridized carbons (Fsp3) is 0.545. The number of amidine groups is 1. The van der Waals surface area contributed by atoms with Gasteiger partial charge in [-0.2, -0.15) is 5.06 Å². The van der Waals surface area contributed by atoms with E-state index < -0.39 is 0 Å². The Balaban J connectivity index is 2.78. The number of methoxy groups -OCH3 is 1. The third-order valence-electron chi connectivity index (χ3n) is 4.82. The van der Waals surface area contributed by atoms with E-state index in [1.807, 2.05) is 38.8 Å². The number of allylic oxidation sites excluding steroid dienone is 5.